The second kappa shape index (κ2) is 3.58. The Morgan fingerprint density at radius 3 is 2.36 bits per heavy atom. The third-order valence-electron chi connectivity index (χ3n) is 2.37. The van der Waals surface area contributed by atoms with Crippen LogP contribution < -0.4 is 11.3 Å². The summed E-state index contributed by atoms with van der Waals surface area (Å²) in [6.45, 7) is 6.56. The van der Waals surface area contributed by atoms with Crippen LogP contribution in [-0.4, -0.2) is 4.57 Å². The van der Waals surface area contributed by atoms with Gasteiger partial charge in [-0.3, -0.25) is 4.79 Å². The summed E-state index contributed by atoms with van der Waals surface area (Å²) in [6, 6.07) is 3.80. The van der Waals surface area contributed by atoms with Crippen molar-refractivity contribution in [2.45, 2.75) is 32.7 Å². The van der Waals surface area contributed by atoms with Crippen LogP contribution in [0.1, 0.15) is 32.0 Å². The monoisotopic (exact) mass is 194 g/mol. The summed E-state index contributed by atoms with van der Waals surface area (Å²) in [5, 5.41) is 0. The van der Waals surface area contributed by atoms with Crippen LogP contribution in [0, 0.1) is 0 Å². The van der Waals surface area contributed by atoms with Crippen molar-refractivity contribution >= 4 is 0 Å². The second-order valence-corrected chi connectivity index (χ2v) is 4.56. The van der Waals surface area contributed by atoms with Crippen LogP contribution in [0.25, 0.3) is 0 Å². The number of aromatic nitrogens is 1. The molecule has 14 heavy (non-hydrogen) atoms. The van der Waals surface area contributed by atoms with E-state index in [2.05, 4.69) is 20.8 Å². The van der Waals surface area contributed by atoms with Gasteiger partial charge in [0, 0.05) is 30.3 Å². The fraction of sp³-hybridized carbons (Fsp3) is 0.545. The lowest BCUT2D eigenvalue weighted by Gasteiger charge is -2.22. The average Bonchev–Trinajstić information content (AvgIpc) is 2.07. The fourth-order valence-electron chi connectivity index (χ4n) is 1.60. The van der Waals surface area contributed by atoms with Gasteiger partial charge in [-0.25, -0.2) is 0 Å². The molecule has 0 saturated heterocycles. The van der Waals surface area contributed by atoms with E-state index in [1.54, 1.807) is 11.6 Å². The minimum absolute atomic E-state index is 0.0129. The number of nitrogens with two attached hydrogens (primary N) is 1. The van der Waals surface area contributed by atoms with Crippen LogP contribution in [0.5, 0.6) is 0 Å². The zero-order valence-electron chi connectivity index (χ0n) is 9.29. The van der Waals surface area contributed by atoms with Gasteiger partial charge in [0.1, 0.15) is 0 Å². The molecule has 1 aromatic heterocycles. The van der Waals surface area contributed by atoms with E-state index in [4.69, 9.17) is 5.73 Å². The summed E-state index contributed by atoms with van der Waals surface area (Å²) in [5.41, 5.74) is 7.16. The lowest BCUT2D eigenvalue weighted by molar-refractivity contribution is 0.529. The molecule has 2 N–H and O–H groups in total. The van der Waals surface area contributed by atoms with Gasteiger partial charge in [-0.1, -0.05) is 26.8 Å². The third kappa shape index (κ3) is 1.87. The molecule has 0 spiro atoms. The van der Waals surface area contributed by atoms with Crippen LogP contribution in [0.15, 0.2) is 16.9 Å². The molecule has 0 amide bonds. The summed E-state index contributed by atoms with van der Waals surface area (Å²) >= 11 is 0. The first-order valence-electron chi connectivity index (χ1n) is 4.77. The zero-order chi connectivity index (χ0) is 10.9. The van der Waals surface area contributed by atoms with Crippen LogP contribution in [0.2, 0.25) is 0 Å². The molecule has 0 aliphatic rings. The van der Waals surface area contributed by atoms with Crippen LogP contribution in [0.4, 0.5) is 0 Å². The summed E-state index contributed by atoms with van der Waals surface area (Å²) in [4.78, 5) is 11.8. The van der Waals surface area contributed by atoms with Crippen molar-refractivity contribution in [3.63, 3.8) is 0 Å². The van der Waals surface area contributed by atoms with E-state index in [1.165, 1.54) is 0 Å². The van der Waals surface area contributed by atoms with Crippen molar-refractivity contribution in [3.05, 3.63) is 33.7 Å². The molecular weight excluding hydrogens is 176 g/mol. The Kier molecular flexibility index (Phi) is 2.81. The Morgan fingerprint density at radius 2 is 1.93 bits per heavy atom. The van der Waals surface area contributed by atoms with E-state index < -0.39 is 0 Å². The van der Waals surface area contributed by atoms with Crippen LogP contribution >= 0.6 is 0 Å². The highest BCUT2D eigenvalue weighted by Crippen LogP contribution is 2.20. The highest BCUT2D eigenvalue weighted by Gasteiger charge is 2.17. The predicted molar refractivity (Wildman–Crippen MR) is 58.3 cm³/mol. The number of pyridine rings is 1. The molecule has 0 aliphatic heterocycles. The number of nitrogens with zero attached hydrogens (tertiary/aromatic N) is 1. The van der Waals surface area contributed by atoms with Crippen molar-refractivity contribution in [2.24, 2.45) is 12.8 Å². The highest BCUT2D eigenvalue weighted by atomic mass is 16.1. The molecule has 78 valence electrons. The summed E-state index contributed by atoms with van der Waals surface area (Å²) in [6.07, 6.45) is 0. The molecule has 0 radical (unpaired) electrons. The van der Waals surface area contributed by atoms with Crippen molar-refractivity contribution in [1.29, 1.82) is 0 Å². The van der Waals surface area contributed by atoms with E-state index in [0.29, 0.717) is 12.1 Å². The molecule has 1 aromatic rings. The molecular formula is C11H18N2O. The first-order chi connectivity index (χ1) is 6.38. The first kappa shape index (κ1) is 11.0. The molecule has 0 fully saturated rings. The van der Waals surface area contributed by atoms with Crippen LogP contribution in [0.3, 0.4) is 0 Å². The van der Waals surface area contributed by atoms with Gasteiger partial charge in [0.05, 0.1) is 0 Å². The molecule has 3 heteroatoms. The molecule has 0 unspecified atom stereocenters. The van der Waals surface area contributed by atoms with Crippen molar-refractivity contribution in [2.75, 3.05) is 0 Å². The predicted octanol–water partition coefficient (Wildman–Crippen LogP) is 1.14. The average molecular weight is 194 g/mol. The minimum Gasteiger partial charge on any atom is -0.326 e. The van der Waals surface area contributed by atoms with Gasteiger partial charge in [-0.15, -0.1) is 0 Å². The van der Waals surface area contributed by atoms with Gasteiger partial charge in [-0.05, 0) is 6.07 Å². The van der Waals surface area contributed by atoms with E-state index in [1.807, 2.05) is 12.1 Å². The van der Waals surface area contributed by atoms with Crippen molar-refractivity contribution in [1.82, 2.24) is 4.57 Å². The molecule has 0 atom stereocenters. The number of rotatable bonds is 1. The Morgan fingerprint density at radius 1 is 1.36 bits per heavy atom. The molecule has 0 saturated carbocycles. The number of hydrogen-bond donors (Lipinski definition) is 1. The number of hydrogen-bond acceptors (Lipinski definition) is 2. The van der Waals surface area contributed by atoms with Gasteiger partial charge >= 0.3 is 0 Å². The second-order valence-electron chi connectivity index (χ2n) is 4.56. The van der Waals surface area contributed by atoms with Gasteiger partial charge in [0.2, 0.25) is 0 Å². The Labute approximate surface area is 84.6 Å². The highest BCUT2D eigenvalue weighted by molar-refractivity contribution is 5.20. The summed E-state index contributed by atoms with van der Waals surface area (Å²) in [7, 11) is 1.79. The molecule has 3 nitrogen and oxygen atoms in total. The molecule has 1 heterocycles. The van der Waals surface area contributed by atoms with Crippen molar-refractivity contribution in [3.8, 4) is 0 Å². The van der Waals surface area contributed by atoms with Crippen LogP contribution in [-0.2, 0) is 19.0 Å². The normalized spacial score (nSPS) is 11.8. The topological polar surface area (TPSA) is 48.0 Å². The third-order valence-corrected chi connectivity index (χ3v) is 2.37. The largest absolute Gasteiger partial charge is 0.326 e. The quantitative estimate of drug-likeness (QED) is 0.728. The summed E-state index contributed by atoms with van der Waals surface area (Å²) in [5.74, 6) is 0. The van der Waals surface area contributed by atoms with Gasteiger partial charge in [0.25, 0.3) is 5.56 Å². The van der Waals surface area contributed by atoms with Gasteiger partial charge < -0.3 is 10.3 Å². The lowest BCUT2D eigenvalue weighted by atomic mass is 9.91. The first-order valence-corrected chi connectivity index (χ1v) is 4.77. The zero-order valence-corrected chi connectivity index (χ0v) is 9.29. The Bertz CT molecular complexity index is 385. The fourth-order valence-corrected chi connectivity index (χ4v) is 1.60. The molecule has 0 bridgehead atoms. The minimum atomic E-state index is -0.0129. The molecule has 0 aromatic carbocycles. The Balaban J connectivity index is 3.40. The summed E-state index contributed by atoms with van der Waals surface area (Å²) < 4.78 is 1.68. The van der Waals surface area contributed by atoms with Crippen molar-refractivity contribution < 1.29 is 0 Å². The van der Waals surface area contributed by atoms with Gasteiger partial charge in [-0.2, -0.15) is 0 Å². The maximum Gasteiger partial charge on any atom is 0.254 e. The lowest BCUT2D eigenvalue weighted by Crippen LogP contribution is -2.30. The smallest absolute Gasteiger partial charge is 0.254 e. The van der Waals surface area contributed by atoms with E-state index in [-0.39, 0.29) is 11.0 Å². The molecule has 0 aliphatic carbocycles. The van der Waals surface area contributed by atoms with E-state index >= 15 is 0 Å². The maximum absolute atomic E-state index is 11.8. The SMILES string of the molecule is Cn1c(C(C)(C)C)ccc(CN)c1=O. The standard InChI is InChI=1S/C11H18N2O/c1-11(2,3)9-6-5-8(7-12)10(14)13(9)4/h5-6H,7,12H2,1-4H3. The van der Waals surface area contributed by atoms with E-state index in [0.717, 1.165) is 5.69 Å². The van der Waals surface area contributed by atoms with Gasteiger partial charge in [0.15, 0.2) is 0 Å². The van der Waals surface area contributed by atoms with E-state index in [9.17, 15) is 4.79 Å². The molecule has 1 rings (SSSR count). The Hall–Kier alpha value is -1.09. The maximum atomic E-state index is 11.8.